The highest BCUT2D eigenvalue weighted by atomic mass is 32.1. The second-order valence-corrected chi connectivity index (χ2v) is 4.98. The fraction of sp³-hybridized carbons (Fsp3) is 0.692. The summed E-state index contributed by atoms with van der Waals surface area (Å²) in [5.74, 6) is 0. The zero-order valence-electron chi connectivity index (χ0n) is 9.83. The molecule has 1 N–H and O–H groups in total. The first-order chi connectivity index (χ1) is 7.29. The maximum Gasteiger partial charge on any atom is 0.0884 e. The number of rotatable bonds is 7. The second-order valence-electron chi connectivity index (χ2n) is 4.03. The molecule has 0 saturated heterocycles. The summed E-state index contributed by atoms with van der Waals surface area (Å²) >= 11 is 1.70. The smallest absolute Gasteiger partial charge is 0.0884 e. The summed E-state index contributed by atoms with van der Waals surface area (Å²) in [5.41, 5.74) is 1.32. The molecule has 0 radical (unpaired) electrons. The van der Waals surface area contributed by atoms with Crippen LogP contribution in [0.5, 0.6) is 0 Å². The molecule has 1 aromatic rings. The van der Waals surface area contributed by atoms with Gasteiger partial charge in [-0.25, -0.2) is 0 Å². The molecular weight excluding hydrogens is 204 g/mol. The number of thiophene rings is 1. The highest BCUT2D eigenvalue weighted by Crippen LogP contribution is 2.28. The van der Waals surface area contributed by atoms with E-state index < -0.39 is 0 Å². The summed E-state index contributed by atoms with van der Waals surface area (Å²) in [6, 6.07) is 2.13. The van der Waals surface area contributed by atoms with Crippen LogP contribution in [0.4, 0.5) is 0 Å². The minimum Gasteiger partial charge on any atom is -0.388 e. The largest absolute Gasteiger partial charge is 0.388 e. The second kappa shape index (κ2) is 7.02. The van der Waals surface area contributed by atoms with E-state index in [2.05, 4.69) is 25.3 Å². The van der Waals surface area contributed by atoms with Crippen LogP contribution in [0.1, 0.15) is 62.5 Å². The molecule has 2 heteroatoms. The van der Waals surface area contributed by atoms with Crippen molar-refractivity contribution in [3.05, 3.63) is 21.9 Å². The zero-order chi connectivity index (χ0) is 11.1. The van der Waals surface area contributed by atoms with Crippen molar-refractivity contribution < 1.29 is 5.11 Å². The molecule has 1 nitrogen and oxygen atoms in total. The van der Waals surface area contributed by atoms with Crippen LogP contribution < -0.4 is 0 Å². The highest BCUT2D eigenvalue weighted by molar-refractivity contribution is 7.10. The van der Waals surface area contributed by atoms with E-state index in [4.69, 9.17) is 0 Å². The first kappa shape index (κ1) is 12.7. The van der Waals surface area contributed by atoms with Gasteiger partial charge in [-0.1, -0.05) is 39.5 Å². The molecule has 0 bridgehead atoms. The van der Waals surface area contributed by atoms with Crippen LogP contribution in [0.15, 0.2) is 11.4 Å². The molecule has 0 aromatic carbocycles. The molecule has 0 amide bonds. The van der Waals surface area contributed by atoms with Gasteiger partial charge in [0.15, 0.2) is 0 Å². The molecule has 15 heavy (non-hydrogen) atoms. The Balaban J connectivity index is 2.36. The van der Waals surface area contributed by atoms with E-state index in [-0.39, 0.29) is 6.10 Å². The van der Waals surface area contributed by atoms with Gasteiger partial charge in [-0.3, -0.25) is 0 Å². The zero-order valence-corrected chi connectivity index (χ0v) is 10.6. The first-order valence-corrected chi connectivity index (χ1v) is 6.91. The lowest BCUT2D eigenvalue weighted by Crippen LogP contribution is -1.97. The van der Waals surface area contributed by atoms with Gasteiger partial charge in [-0.05, 0) is 29.9 Å². The Bertz CT molecular complexity index is 267. The fourth-order valence-corrected chi connectivity index (χ4v) is 2.85. The van der Waals surface area contributed by atoms with Gasteiger partial charge < -0.3 is 5.11 Å². The van der Waals surface area contributed by atoms with E-state index in [0.29, 0.717) is 0 Å². The third-order valence-corrected chi connectivity index (χ3v) is 3.86. The average Bonchev–Trinajstić information content (AvgIpc) is 2.72. The van der Waals surface area contributed by atoms with Crippen molar-refractivity contribution in [3.8, 4) is 0 Å². The van der Waals surface area contributed by atoms with E-state index >= 15 is 0 Å². The van der Waals surface area contributed by atoms with Crippen molar-refractivity contribution in [3.63, 3.8) is 0 Å². The maximum absolute atomic E-state index is 10.0. The Kier molecular flexibility index (Phi) is 5.96. The minimum atomic E-state index is -0.225. The van der Waals surface area contributed by atoms with Crippen molar-refractivity contribution in [2.75, 3.05) is 0 Å². The summed E-state index contributed by atoms with van der Waals surface area (Å²) in [6.07, 6.45) is 6.68. The van der Waals surface area contributed by atoms with Crippen molar-refractivity contribution in [2.24, 2.45) is 0 Å². The number of aliphatic hydroxyl groups excluding tert-OH is 1. The molecule has 0 spiro atoms. The summed E-state index contributed by atoms with van der Waals surface area (Å²) in [7, 11) is 0. The molecule has 0 saturated carbocycles. The van der Waals surface area contributed by atoms with E-state index in [0.717, 1.165) is 19.3 Å². The lowest BCUT2D eigenvalue weighted by Gasteiger charge is -2.10. The molecule has 1 heterocycles. The topological polar surface area (TPSA) is 20.2 Å². The standard InChI is InChI=1S/C13H22OS/c1-3-5-6-7-8-12(14)13-11(4-2)9-10-15-13/h9-10,12,14H,3-8H2,1-2H3. The van der Waals surface area contributed by atoms with Crippen LogP contribution >= 0.6 is 11.3 Å². The molecule has 1 rings (SSSR count). The van der Waals surface area contributed by atoms with Gasteiger partial charge in [0.2, 0.25) is 0 Å². The maximum atomic E-state index is 10.0. The molecule has 1 unspecified atom stereocenters. The summed E-state index contributed by atoms with van der Waals surface area (Å²) in [6.45, 7) is 4.36. The molecule has 1 aromatic heterocycles. The third kappa shape index (κ3) is 3.96. The van der Waals surface area contributed by atoms with Crippen molar-refractivity contribution >= 4 is 11.3 Å². The van der Waals surface area contributed by atoms with Crippen LogP contribution in [0.2, 0.25) is 0 Å². The first-order valence-electron chi connectivity index (χ1n) is 6.03. The number of aryl methyl sites for hydroxylation is 1. The highest BCUT2D eigenvalue weighted by Gasteiger charge is 2.12. The minimum absolute atomic E-state index is 0.225. The summed E-state index contributed by atoms with van der Waals surface area (Å²) in [5, 5.41) is 12.1. The van der Waals surface area contributed by atoms with Crippen LogP contribution in [-0.4, -0.2) is 5.11 Å². The molecule has 86 valence electrons. The van der Waals surface area contributed by atoms with E-state index in [1.807, 2.05) is 0 Å². The third-order valence-electron chi connectivity index (χ3n) is 2.80. The van der Waals surface area contributed by atoms with Gasteiger partial charge in [-0.2, -0.15) is 0 Å². The van der Waals surface area contributed by atoms with Gasteiger partial charge >= 0.3 is 0 Å². The molecule has 0 aliphatic heterocycles. The van der Waals surface area contributed by atoms with Crippen LogP contribution in [0.3, 0.4) is 0 Å². The van der Waals surface area contributed by atoms with Crippen molar-refractivity contribution in [1.82, 2.24) is 0 Å². The predicted octanol–water partition coefficient (Wildman–Crippen LogP) is 4.31. The normalized spacial score (nSPS) is 13.0. The molecule has 0 aliphatic carbocycles. The fourth-order valence-electron chi connectivity index (χ4n) is 1.83. The van der Waals surface area contributed by atoms with E-state index in [9.17, 15) is 5.11 Å². The molecule has 1 atom stereocenters. The Morgan fingerprint density at radius 2 is 2.07 bits per heavy atom. The van der Waals surface area contributed by atoms with Gasteiger partial charge in [0.05, 0.1) is 6.10 Å². The van der Waals surface area contributed by atoms with E-state index in [1.54, 1.807) is 11.3 Å². The Labute approximate surface area is 97.2 Å². The number of hydrogen-bond acceptors (Lipinski definition) is 2. The predicted molar refractivity (Wildman–Crippen MR) is 67.4 cm³/mol. The van der Waals surface area contributed by atoms with Crippen LogP contribution in [0.25, 0.3) is 0 Å². The Morgan fingerprint density at radius 3 is 2.73 bits per heavy atom. The van der Waals surface area contributed by atoms with Crippen LogP contribution in [0, 0.1) is 0 Å². The monoisotopic (exact) mass is 226 g/mol. The van der Waals surface area contributed by atoms with Gasteiger partial charge in [0.25, 0.3) is 0 Å². The lowest BCUT2D eigenvalue weighted by atomic mass is 10.0. The van der Waals surface area contributed by atoms with Gasteiger partial charge in [-0.15, -0.1) is 11.3 Å². The quantitative estimate of drug-likeness (QED) is 0.687. The molecular formula is C13H22OS. The van der Waals surface area contributed by atoms with Crippen LogP contribution in [-0.2, 0) is 6.42 Å². The summed E-state index contributed by atoms with van der Waals surface area (Å²) in [4.78, 5) is 1.19. The number of hydrogen-bond donors (Lipinski definition) is 1. The number of aliphatic hydroxyl groups is 1. The van der Waals surface area contributed by atoms with Gasteiger partial charge in [0, 0.05) is 4.88 Å². The molecule has 0 aliphatic rings. The summed E-state index contributed by atoms with van der Waals surface area (Å²) < 4.78 is 0. The van der Waals surface area contributed by atoms with Gasteiger partial charge in [0.1, 0.15) is 0 Å². The lowest BCUT2D eigenvalue weighted by molar-refractivity contribution is 0.166. The molecule has 0 fully saturated rings. The number of unbranched alkanes of at least 4 members (excludes halogenated alkanes) is 3. The Morgan fingerprint density at radius 1 is 1.27 bits per heavy atom. The van der Waals surface area contributed by atoms with E-state index in [1.165, 1.54) is 29.7 Å². The van der Waals surface area contributed by atoms with Crippen molar-refractivity contribution in [1.29, 1.82) is 0 Å². The Hall–Kier alpha value is -0.340. The van der Waals surface area contributed by atoms with Crippen molar-refractivity contribution in [2.45, 2.75) is 58.5 Å². The SMILES string of the molecule is CCCCCCC(O)c1sccc1CC. The average molecular weight is 226 g/mol.